The molecule has 1 N–H and O–H groups in total. The van der Waals surface area contributed by atoms with Crippen LogP contribution >= 0.6 is 0 Å². The highest BCUT2D eigenvalue weighted by Gasteiger charge is 2.40. The summed E-state index contributed by atoms with van der Waals surface area (Å²) in [6, 6.07) is 7.32. The fraction of sp³-hybridized carbons (Fsp3) is 0.484. The summed E-state index contributed by atoms with van der Waals surface area (Å²) in [5.41, 5.74) is 3.28. The predicted octanol–water partition coefficient (Wildman–Crippen LogP) is 4.98. The van der Waals surface area contributed by atoms with Crippen LogP contribution in [0.2, 0.25) is 0 Å². The van der Waals surface area contributed by atoms with Crippen molar-refractivity contribution in [3.05, 3.63) is 57.5 Å². The van der Waals surface area contributed by atoms with E-state index < -0.39 is 10.9 Å². The molecule has 3 aromatic rings. The molecular weight excluding hydrogens is 564 g/mol. The van der Waals surface area contributed by atoms with Gasteiger partial charge in [0, 0.05) is 55.1 Å². The van der Waals surface area contributed by atoms with E-state index in [1.54, 1.807) is 19.9 Å². The van der Waals surface area contributed by atoms with Gasteiger partial charge < -0.3 is 29.5 Å². The van der Waals surface area contributed by atoms with E-state index >= 15 is 0 Å². The van der Waals surface area contributed by atoms with Gasteiger partial charge in [0.2, 0.25) is 5.95 Å². The summed E-state index contributed by atoms with van der Waals surface area (Å²) in [4.78, 5) is 45.1. The Kier molecular flexibility index (Phi) is 8.34. The van der Waals surface area contributed by atoms with E-state index in [9.17, 15) is 14.9 Å². The Morgan fingerprint density at radius 1 is 1.20 bits per heavy atom. The number of nitro groups is 1. The highest BCUT2D eigenvalue weighted by atomic mass is 16.6. The third-order valence-electron chi connectivity index (χ3n) is 8.06. The second-order valence-electron chi connectivity index (χ2n) is 12.5. The summed E-state index contributed by atoms with van der Waals surface area (Å²) in [5, 5.41) is 15.4. The number of fused-ring (bicyclic) bond motifs is 1. The van der Waals surface area contributed by atoms with Gasteiger partial charge in [0.25, 0.3) is 5.69 Å². The van der Waals surface area contributed by atoms with Crippen molar-refractivity contribution in [2.45, 2.75) is 58.6 Å². The van der Waals surface area contributed by atoms with Crippen molar-refractivity contribution >= 4 is 40.5 Å². The van der Waals surface area contributed by atoms with Crippen LogP contribution in [0.4, 0.5) is 34.5 Å². The summed E-state index contributed by atoms with van der Waals surface area (Å²) in [6.45, 7) is 11.6. The van der Waals surface area contributed by atoms with Crippen molar-refractivity contribution < 1.29 is 19.2 Å². The lowest BCUT2D eigenvalue weighted by molar-refractivity contribution is -0.384. The Balaban J connectivity index is 1.56. The number of anilines is 5. The Morgan fingerprint density at radius 3 is 2.59 bits per heavy atom. The van der Waals surface area contributed by atoms with E-state index in [0.29, 0.717) is 48.6 Å². The summed E-state index contributed by atoms with van der Waals surface area (Å²) < 4.78 is 11.2. The van der Waals surface area contributed by atoms with E-state index in [2.05, 4.69) is 29.0 Å². The number of nitro benzene ring substituents is 1. The lowest BCUT2D eigenvalue weighted by atomic mass is 9.91. The Labute approximate surface area is 257 Å². The molecule has 4 heterocycles. The van der Waals surface area contributed by atoms with Crippen LogP contribution in [-0.2, 0) is 10.2 Å². The summed E-state index contributed by atoms with van der Waals surface area (Å²) >= 11 is 0. The van der Waals surface area contributed by atoms with Crippen LogP contribution in [0.15, 0.2) is 30.5 Å². The minimum atomic E-state index is -0.549. The average molecular weight is 605 g/mol. The van der Waals surface area contributed by atoms with Crippen LogP contribution < -0.4 is 19.9 Å². The lowest BCUT2D eigenvalue weighted by Gasteiger charge is -2.24. The first kappa shape index (κ1) is 30.9. The summed E-state index contributed by atoms with van der Waals surface area (Å²) in [5.74, 6) is 0.343. The molecule has 0 saturated carbocycles. The quantitative estimate of drug-likeness (QED) is 0.200. The van der Waals surface area contributed by atoms with Crippen LogP contribution in [-0.4, -0.2) is 83.7 Å². The molecule has 5 rings (SSSR count). The maximum atomic E-state index is 13.2. The summed E-state index contributed by atoms with van der Waals surface area (Å²) in [7, 11) is 5.54. The van der Waals surface area contributed by atoms with E-state index in [0.717, 1.165) is 23.5 Å². The number of hydrogen-bond acceptors (Lipinski definition) is 12. The number of likely N-dealkylation sites (N-methyl/N-ethyl adjacent to an activating group) is 1. The number of methoxy groups -OCH3 is 1. The number of pyridine rings is 1. The number of carbonyl (C=O) groups excluding carboxylic acids is 1. The van der Waals surface area contributed by atoms with Gasteiger partial charge in [-0.3, -0.25) is 15.1 Å². The van der Waals surface area contributed by atoms with Crippen LogP contribution in [0.25, 0.3) is 0 Å². The van der Waals surface area contributed by atoms with Crippen molar-refractivity contribution in [3.63, 3.8) is 0 Å². The topological polar surface area (TPSA) is 139 Å². The molecule has 13 heteroatoms. The minimum Gasteiger partial charge on any atom is -0.494 e. The molecule has 44 heavy (non-hydrogen) atoms. The molecule has 0 radical (unpaired) electrons. The van der Waals surface area contributed by atoms with Gasteiger partial charge in [-0.15, -0.1) is 0 Å². The van der Waals surface area contributed by atoms with Crippen molar-refractivity contribution in [2.24, 2.45) is 0 Å². The molecule has 2 aromatic heterocycles. The zero-order valence-electron chi connectivity index (χ0n) is 26.5. The molecule has 0 amide bonds. The van der Waals surface area contributed by atoms with Gasteiger partial charge in [-0.05, 0) is 53.4 Å². The number of ether oxygens (including phenoxy) is 2. The van der Waals surface area contributed by atoms with Gasteiger partial charge in [0.1, 0.15) is 17.0 Å². The molecule has 234 valence electrons. The van der Waals surface area contributed by atoms with Gasteiger partial charge in [-0.25, -0.2) is 9.78 Å². The fourth-order valence-corrected chi connectivity index (χ4v) is 5.80. The number of rotatable bonds is 9. The SMILES string of the molecule is COc1cc(N2CC[C@H](N(C)C)C2)c([N+](=O)[O-])cc1Nc1ncc(C(=O)OC(C)C)c(N2CC(C)(C)c3nc(C)ccc32)n1. The zero-order chi connectivity index (χ0) is 31.9. The molecule has 1 fully saturated rings. The highest BCUT2D eigenvalue weighted by Crippen LogP contribution is 2.45. The number of nitrogens with zero attached hydrogens (tertiary/aromatic N) is 7. The monoisotopic (exact) mass is 604 g/mol. The molecule has 13 nitrogen and oxygen atoms in total. The summed E-state index contributed by atoms with van der Waals surface area (Å²) in [6.07, 6.45) is 1.98. The maximum Gasteiger partial charge on any atom is 0.343 e. The van der Waals surface area contributed by atoms with Crippen LogP contribution in [0.5, 0.6) is 5.75 Å². The van der Waals surface area contributed by atoms with Crippen molar-refractivity contribution in [1.82, 2.24) is 19.9 Å². The molecule has 2 aliphatic rings. The number of hydrogen-bond donors (Lipinski definition) is 1. The average Bonchev–Trinajstić information content (AvgIpc) is 3.55. The molecule has 1 aromatic carbocycles. The molecule has 0 bridgehead atoms. The number of aryl methyl sites for hydroxylation is 1. The molecular formula is C31H40N8O5. The first-order chi connectivity index (χ1) is 20.8. The van der Waals surface area contributed by atoms with Gasteiger partial charge in [0.05, 0.1) is 35.2 Å². The van der Waals surface area contributed by atoms with Crippen molar-refractivity contribution in [3.8, 4) is 5.75 Å². The largest absolute Gasteiger partial charge is 0.494 e. The van der Waals surface area contributed by atoms with Crippen LogP contribution in [0, 0.1) is 17.0 Å². The Morgan fingerprint density at radius 2 is 1.95 bits per heavy atom. The van der Waals surface area contributed by atoms with Crippen LogP contribution in [0.1, 0.15) is 55.9 Å². The molecule has 2 aliphatic heterocycles. The van der Waals surface area contributed by atoms with E-state index in [-0.39, 0.29) is 28.7 Å². The normalized spacial score (nSPS) is 17.3. The van der Waals surface area contributed by atoms with E-state index in [4.69, 9.17) is 19.4 Å². The first-order valence-electron chi connectivity index (χ1n) is 14.7. The molecule has 0 unspecified atom stereocenters. The van der Waals surface area contributed by atoms with E-state index in [1.807, 2.05) is 43.0 Å². The molecule has 0 aliphatic carbocycles. The predicted molar refractivity (Wildman–Crippen MR) is 169 cm³/mol. The third kappa shape index (κ3) is 5.96. The van der Waals surface area contributed by atoms with Gasteiger partial charge in [-0.1, -0.05) is 13.8 Å². The standard InChI is InChI=1S/C31H40N8O5/c1-18(2)44-29(40)21-15-32-30(35-28(21)38-17-31(4,5)27-23(38)10-9-19(3)33-27)34-22-13-25(39(41)42)24(14-26(22)43-8)37-12-11-20(16-37)36(6)7/h9-10,13-15,18,20H,11-12,16-17H2,1-8H3,(H,32,34,35)/t20-/m0/s1. The van der Waals surface area contributed by atoms with Crippen LogP contribution in [0.3, 0.4) is 0 Å². The minimum absolute atomic E-state index is 0.0540. The lowest BCUT2D eigenvalue weighted by Crippen LogP contribution is -2.31. The maximum absolute atomic E-state index is 13.2. The van der Waals surface area contributed by atoms with Gasteiger partial charge >= 0.3 is 5.97 Å². The van der Waals surface area contributed by atoms with E-state index in [1.165, 1.54) is 19.4 Å². The van der Waals surface area contributed by atoms with Gasteiger partial charge in [0.15, 0.2) is 5.82 Å². The Hall–Kier alpha value is -4.52. The fourth-order valence-electron chi connectivity index (χ4n) is 5.80. The number of esters is 1. The highest BCUT2D eigenvalue weighted by molar-refractivity contribution is 5.96. The smallest absolute Gasteiger partial charge is 0.343 e. The first-order valence-corrected chi connectivity index (χ1v) is 14.7. The second kappa shape index (κ2) is 11.9. The third-order valence-corrected chi connectivity index (χ3v) is 8.06. The van der Waals surface area contributed by atoms with Crippen molar-refractivity contribution in [1.29, 1.82) is 0 Å². The molecule has 1 atom stereocenters. The number of carbonyl (C=O) groups is 1. The Bertz CT molecular complexity index is 1590. The molecule has 0 spiro atoms. The second-order valence-corrected chi connectivity index (χ2v) is 12.5. The number of benzene rings is 1. The number of aromatic nitrogens is 3. The zero-order valence-corrected chi connectivity index (χ0v) is 26.5. The van der Waals surface area contributed by atoms with Crippen molar-refractivity contribution in [2.75, 3.05) is 56.0 Å². The molecule has 1 saturated heterocycles. The van der Waals surface area contributed by atoms with Gasteiger partial charge in [-0.2, -0.15) is 4.98 Å². The number of nitrogens with one attached hydrogen (secondary N) is 1.